The van der Waals surface area contributed by atoms with Crippen molar-refractivity contribution in [1.82, 2.24) is 10.9 Å². The van der Waals surface area contributed by atoms with Crippen LogP contribution >= 0.6 is 38.5 Å². The van der Waals surface area contributed by atoms with E-state index in [1.165, 1.54) is 5.56 Å². The first kappa shape index (κ1) is 22.5. The average Bonchev–Trinajstić information content (AvgIpc) is 2.70. The molecule has 150 valence electrons. The van der Waals surface area contributed by atoms with Crippen molar-refractivity contribution in [3.8, 4) is 11.5 Å². The lowest BCUT2D eigenvalue weighted by atomic mass is 9.99. The Morgan fingerprint density at radius 3 is 2.46 bits per heavy atom. The molecule has 2 aromatic rings. The zero-order valence-electron chi connectivity index (χ0n) is 15.8. The summed E-state index contributed by atoms with van der Waals surface area (Å²) in [6.07, 6.45) is 1.04. The normalized spacial score (nSPS) is 11.5. The van der Waals surface area contributed by atoms with Crippen LogP contribution in [0.1, 0.15) is 42.1 Å². The highest BCUT2D eigenvalue weighted by atomic mass is 127. The lowest BCUT2D eigenvalue weighted by Crippen LogP contribution is -2.43. The predicted molar refractivity (Wildman–Crippen MR) is 120 cm³/mol. The molecule has 0 spiro atoms. The Kier molecular flexibility index (Phi) is 8.56. The Bertz CT molecular complexity index is 860. The molecule has 0 bridgehead atoms. The zero-order chi connectivity index (χ0) is 20.7. The molecule has 0 heterocycles. The van der Waals surface area contributed by atoms with Crippen LogP contribution in [0.2, 0.25) is 0 Å². The quantitative estimate of drug-likeness (QED) is 0.388. The van der Waals surface area contributed by atoms with Gasteiger partial charge in [-0.2, -0.15) is 0 Å². The highest BCUT2D eigenvalue weighted by molar-refractivity contribution is 14.1. The number of methoxy groups -OCH3 is 1. The van der Waals surface area contributed by atoms with E-state index in [1.807, 2.05) is 18.2 Å². The molecule has 6 nitrogen and oxygen atoms in total. The van der Waals surface area contributed by atoms with Crippen LogP contribution < -0.4 is 20.3 Å². The van der Waals surface area contributed by atoms with Crippen molar-refractivity contribution in [3.63, 3.8) is 0 Å². The fraction of sp³-hybridized carbons (Fsp3) is 0.300. The largest absolute Gasteiger partial charge is 0.496 e. The molecular weight excluding hydrogens is 539 g/mol. The molecule has 1 unspecified atom stereocenters. The van der Waals surface area contributed by atoms with Gasteiger partial charge in [0, 0.05) is 5.56 Å². The van der Waals surface area contributed by atoms with Crippen molar-refractivity contribution in [2.45, 2.75) is 26.2 Å². The van der Waals surface area contributed by atoms with Crippen molar-refractivity contribution in [1.29, 1.82) is 0 Å². The highest BCUT2D eigenvalue weighted by Crippen LogP contribution is 2.30. The number of carbonyl (C=O) groups is 2. The molecule has 0 fully saturated rings. The molecule has 0 radical (unpaired) electrons. The van der Waals surface area contributed by atoms with E-state index in [2.05, 4.69) is 63.2 Å². The third-order valence-electron chi connectivity index (χ3n) is 4.23. The standard InChI is InChI=1S/C20H22BrIN2O4/c1-4-12(2)13-5-7-17(15(21)9-13)28-11-19(25)23-24-20(26)14-6-8-18(27-3)16(22)10-14/h5-10,12H,4,11H2,1-3H3,(H,23,25)(H,24,26). The minimum atomic E-state index is -0.463. The van der Waals surface area contributed by atoms with Gasteiger partial charge in [0.25, 0.3) is 11.8 Å². The molecule has 0 aromatic heterocycles. The minimum absolute atomic E-state index is 0.221. The zero-order valence-corrected chi connectivity index (χ0v) is 19.6. The van der Waals surface area contributed by atoms with Crippen molar-refractivity contribution < 1.29 is 19.1 Å². The highest BCUT2D eigenvalue weighted by Gasteiger charge is 2.12. The second kappa shape index (κ2) is 10.7. The molecule has 2 aromatic carbocycles. The number of ether oxygens (including phenoxy) is 2. The average molecular weight is 561 g/mol. The number of rotatable bonds is 7. The van der Waals surface area contributed by atoms with Gasteiger partial charge in [-0.3, -0.25) is 20.4 Å². The summed E-state index contributed by atoms with van der Waals surface area (Å²) in [5, 5.41) is 0. The predicted octanol–water partition coefficient (Wildman–Crippen LogP) is 4.42. The van der Waals surface area contributed by atoms with Crippen LogP contribution in [0.25, 0.3) is 0 Å². The van der Waals surface area contributed by atoms with Gasteiger partial charge < -0.3 is 9.47 Å². The number of hydrogen-bond acceptors (Lipinski definition) is 4. The lowest BCUT2D eigenvalue weighted by Gasteiger charge is -2.13. The topological polar surface area (TPSA) is 76.7 Å². The molecule has 0 aliphatic carbocycles. The van der Waals surface area contributed by atoms with E-state index in [0.29, 0.717) is 23.0 Å². The summed E-state index contributed by atoms with van der Waals surface area (Å²) < 4.78 is 12.3. The number of nitrogens with one attached hydrogen (secondary N) is 2. The molecule has 1 atom stereocenters. The van der Waals surface area contributed by atoms with Crippen molar-refractivity contribution >= 4 is 50.3 Å². The molecule has 0 aliphatic heterocycles. The van der Waals surface area contributed by atoms with E-state index in [-0.39, 0.29) is 6.61 Å². The van der Waals surface area contributed by atoms with Crippen LogP contribution in [-0.4, -0.2) is 25.5 Å². The summed E-state index contributed by atoms with van der Waals surface area (Å²) in [6.45, 7) is 4.07. The van der Waals surface area contributed by atoms with Gasteiger partial charge in [-0.05, 0) is 86.8 Å². The van der Waals surface area contributed by atoms with Gasteiger partial charge >= 0.3 is 0 Å². The summed E-state index contributed by atoms with van der Waals surface area (Å²) in [4.78, 5) is 24.1. The summed E-state index contributed by atoms with van der Waals surface area (Å²) in [7, 11) is 1.56. The van der Waals surface area contributed by atoms with E-state index >= 15 is 0 Å². The number of halogens is 2. The fourth-order valence-corrected chi connectivity index (χ4v) is 3.61. The molecule has 2 rings (SSSR count). The van der Waals surface area contributed by atoms with Gasteiger partial charge in [0.05, 0.1) is 15.2 Å². The smallest absolute Gasteiger partial charge is 0.276 e. The lowest BCUT2D eigenvalue weighted by molar-refractivity contribution is -0.123. The first-order valence-electron chi connectivity index (χ1n) is 8.70. The second-order valence-corrected chi connectivity index (χ2v) is 8.16. The molecule has 0 aliphatic rings. The molecule has 28 heavy (non-hydrogen) atoms. The maximum Gasteiger partial charge on any atom is 0.276 e. The monoisotopic (exact) mass is 560 g/mol. The summed E-state index contributed by atoms with van der Waals surface area (Å²) in [5.41, 5.74) is 6.33. The summed E-state index contributed by atoms with van der Waals surface area (Å²) in [6, 6.07) is 10.8. The van der Waals surface area contributed by atoms with E-state index in [4.69, 9.17) is 9.47 Å². The molecule has 8 heteroatoms. The van der Waals surface area contributed by atoms with E-state index in [0.717, 1.165) is 14.5 Å². The first-order chi connectivity index (χ1) is 13.3. The van der Waals surface area contributed by atoms with Crippen LogP contribution in [-0.2, 0) is 4.79 Å². The molecular formula is C20H22BrIN2O4. The Labute approximate surface area is 186 Å². The number of benzene rings is 2. The van der Waals surface area contributed by atoms with E-state index in [9.17, 15) is 9.59 Å². The number of hydrogen-bond donors (Lipinski definition) is 2. The molecule has 0 saturated heterocycles. The van der Waals surface area contributed by atoms with Crippen LogP contribution in [0, 0.1) is 3.57 Å². The van der Waals surface area contributed by atoms with Gasteiger partial charge in [0.2, 0.25) is 0 Å². The van der Waals surface area contributed by atoms with Crippen LogP contribution in [0.5, 0.6) is 11.5 Å². The Balaban J connectivity index is 1.86. The Morgan fingerprint density at radius 2 is 1.86 bits per heavy atom. The number of hydrazine groups is 1. The minimum Gasteiger partial charge on any atom is -0.496 e. The van der Waals surface area contributed by atoms with E-state index in [1.54, 1.807) is 25.3 Å². The van der Waals surface area contributed by atoms with Crippen LogP contribution in [0.3, 0.4) is 0 Å². The Hall–Kier alpha value is -1.81. The van der Waals surface area contributed by atoms with Gasteiger partial charge in [0.1, 0.15) is 11.5 Å². The summed E-state index contributed by atoms with van der Waals surface area (Å²) in [5.74, 6) is 0.810. The number of carbonyl (C=O) groups excluding carboxylic acids is 2. The maximum atomic E-state index is 12.1. The second-order valence-electron chi connectivity index (χ2n) is 6.14. The first-order valence-corrected chi connectivity index (χ1v) is 10.6. The SMILES string of the molecule is CCC(C)c1ccc(OCC(=O)NNC(=O)c2ccc(OC)c(I)c2)c(Br)c1. The van der Waals surface area contributed by atoms with Crippen molar-refractivity contribution in [2.75, 3.05) is 13.7 Å². The molecule has 2 N–H and O–H groups in total. The van der Waals surface area contributed by atoms with Crippen molar-refractivity contribution in [2.24, 2.45) is 0 Å². The van der Waals surface area contributed by atoms with Gasteiger partial charge in [-0.25, -0.2) is 0 Å². The fourth-order valence-electron chi connectivity index (χ4n) is 2.36. The third-order valence-corrected chi connectivity index (χ3v) is 5.69. The van der Waals surface area contributed by atoms with Crippen LogP contribution in [0.4, 0.5) is 0 Å². The molecule has 0 saturated carbocycles. The Morgan fingerprint density at radius 1 is 1.14 bits per heavy atom. The van der Waals surface area contributed by atoms with Crippen LogP contribution in [0.15, 0.2) is 40.9 Å². The van der Waals surface area contributed by atoms with Gasteiger partial charge in [-0.15, -0.1) is 0 Å². The number of amides is 2. The molecule has 2 amide bonds. The maximum absolute atomic E-state index is 12.1. The van der Waals surface area contributed by atoms with Crippen molar-refractivity contribution in [3.05, 3.63) is 55.6 Å². The third kappa shape index (κ3) is 6.10. The van der Waals surface area contributed by atoms with Gasteiger partial charge in [0.15, 0.2) is 6.61 Å². The summed E-state index contributed by atoms with van der Waals surface area (Å²) >= 11 is 5.54. The van der Waals surface area contributed by atoms with Gasteiger partial charge in [-0.1, -0.05) is 19.9 Å². The van der Waals surface area contributed by atoms with E-state index < -0.39 is 11.8 Å².